The maximum atomic E-state index is 12.2. The Labute approximate surface area is 152 Å². The quantitative estimate of drug-likeness (QED) is 0.796. The molecule has 0 N–H and O–H groups in total. The molecule has 0 saturated carbocycles. The van der Waals surface area contributed by atoms with Crippen LogP contribution in [0.4, 0.5) is 5.69 Å². The van der Waals surface area contributed by atoms with Gasteiger partial charge in [0.1, 0.15) is 5.75 Å². The molecule has 0 spiro atoms. The van der Waals surface area contributed by atoms with Crippen LogP contribution in [-0.2, 0) is 14.6 Å². The largest absolute Gasteiger partial charge is 0.497 e. The van der Waals surface area contributed by atoms with Gasteiger partial charge in [-0.1, -0.05) is 25.6 Å². The SMILES string of the molecule is COc1ccc(N2C(=NC(=O)CC(C)C)S[C@@H]3CS(=O)(=O)C[C@H]32)cc1. The number of hydrogen-bond acceptors (Lipinski definition) is 5. The molecular weight excluding hydrogens is 360 g/mol. The van der Waals surface area contributed by atoms with E-state index >= 15 is 0 Å². The Kier molecular flexibility index (Phi) is 5.11. The lowest BCUT2D eigenvalue weighted by molar-refractivity contribution is -0.118. The van der Waals surface area contributed by atoms with Gasteiger partial charge in [-0.25, -0.2) is 8.42 Å². The van der Waals surface area contributed by atoms with Gasteiger partial charge in [-0.15, -0.1) is 0 Å². The molecule has 0 unspecified atom stereocenters. The summed E-state index contributed by atoms with van der Waals surface area (Å²) in [6.45, 7) is 3.95. The average Bonchev–Trinajstić information content (AvgIpc) is 2.97. The Balaban J connectivity index is 1.94. The second kappa shape index (κ2) is 6.99. The highest BCUT2D eigenvalue weighted by atomic mass is 32.2. The number of rotatable bonds is 4. The third kappa shape index (κ3) is 4.00. The van der Waals surface area contributed by atoms with Crippen molar-refractivity contribution in [2.24, 2.45) is 10.9 Å². The molecule has 0 radical (unpaired) electrons. The van der Waals surface area contributed by atoms with Crippen LogP contribution < -0.4 is 9.64 Å². The van der Waals surface area contributed by atoms with Gasteiger partial charge in [0.2, 0.25) is 5.91 Å². The van der Waals surface area contributed by atoms with E-state index in [4.69, 9.17) is 4.74 Å². The molecule has 2 atom stereocenters. The van der Waals surface area contributed by atoms with Gasteiger partial charge in [0.25, 0.3) is 0 Å². The number of thioether (sulfide) groups is 1. The molecule has 2 saturated heterocycles. The van der Waals surface area contributed by atoms with Crippen molar-refractivity contribution >= 4 is 38.4 Å². The third-order valence-electron chi connectivity index (χ3n) is 4.22. The summed E-state index contributed by atoms with van der Waals surface area (Å²) in [5.74, 6) is 1.01. The predicted octanol–water partition coefficient (Wildman–Crippen LogP) is 2.34. The Bertz CT molecular complexity index is 787. The summed E-state index contributed by atoms with van der Waals surface area (Å²) >= 11 is 1.40. The summed E-state index contributed by atoms with van der Waals surface area (Å²) in [6, 6.07) is 7.20. The van der Waals surface area contributed by atoms with Crippen molar-refractivity contribution in [1.82, 2.24) is 0 Å². The average molecular weight is 383 g/mol. The fourth-order valence-corrected chi connectivity index (χ4v) is 7.04. The number of methoxy groups -OCH3 is 1. The standard InChI is InChI=1S/C17H22N2O4S2/c1-11(2)8-16(20)18-17-19(12-4-6-13(23-3)7-5-12)14-9-25(21,22)10-15(14)24-17/h4-7,11,14-15H,8-10H2,1-3H3/t14-,15-/m1/s1. The second-order valence-electron chi connectivity index (χ2n) is 6.75. The smallest absolute Gasteiger partial charge is 0.248 e. The zero-order valence-corrected chi connectivity index (χ0v) is 16.1. The summed E-state index contributed by atoms with van der Waals surface area (Å²) in [5.41, 5.74) is 0.828. The van der Waals surface area contributed by atoms with Gasteiger partial charge >= 0.3 is 0 Å². The molecule has 2 fully saturated rings. The van der Waals surface area contributed by atoms with Crippen molar-refractivity contribution in [3.05, 3.63) is 24.3 Å². The number of amides is 1. The van der Waals surface area contributed by atoms with E-state index < -0.39 is 9.84 Å². The minimum Gasteiger partial charge on any atom is -0.497 e. The number of hydrogen-bond donors (Lipinski definition) is 0. The molecule has 0 aliphatic carbocycles. The number of fused-ring (bicyclic) bond motifs is 1. The molecule has 2 aliphatic rings. The topological polar surface area (TPSA) is 76.0 Å². The lowest BCUT2D eigenvalue weighted by Gasteiger charge is -2.24. The highest BCUT2D eigenvalue weighted by molar-refractivity contribution is 8.16. The Morgan fingerprint density at radius 2 is 2.00 bits per heavy atom. The van der Waals surface area contributed by atoms with E-state index in [0.717, 1.165) is 11.4 Å². The van der Waals surface area contributed by atoms with Gasteiger partial charge in [-0.05, 0) is 30.2 Å². The Hall–Kier alpha value is -1.54. The maximum Gasteiger partial charge on any atom is 0.248 e. The molecule has 2 heterocycles. The number of sulfone groups is 1. The maximum absolute atomic E-state index is 12.2. The van der Waals surface area contributed by atoms with E-state index in [9.17, 15) is 13.2 Å². The van der Waals surface area contributed by atoms with Crippen LogP contribution in [0.2, 0.25) is 0 Å². The molecule has 1 aromatic carbocycles. The molecule has 0 aromatic heterocycles. The van der Waals surface area contributed by atoms with Crippen molar-refractivity contribution in [3.8, 4) is 5.75 Å². The number of carbonyl (C=O) groups is 1. The van der Waals surface area contributed by atoms with E-state index in [1.54, 1.807) is 7.11 Å². The number of nitrogens with zero attached hydrogens (tertiary/aromatic N) is 2. The van der Waals surface area contributed by atoms with Crippen molar-refractivity contribution < 1.29 is 17.9 Å². The van der Waals surface area contributed by atoms with Gasteiger partial charge in [0.15, 0.2) is 15.0 Å². The summed E-state index contributed by atoms with van der Waals surface area (Å²) in [4.78, 5) is 18.4. The predicted molar refractivity (Wildman–Crippen MR) is 101 cm³/mol. The summed E-state index contributed by atoms with van der Waals surface area (Å²) < 4.78 is 29.2. The lowest BCUT2D eigenvalue weighted by atomic mass is 10.1. The van der Waals surface area contributed by atoms with Crippen LogP contribution in [0, 0.1) is 5.92 Å². The fraction of sp³-hybridized carbons (Fsp3) is 0.529. The first kappa shape index (κ1) is 18.3. The second-order valence-corrected chi connectivity index (χ2v) is 10.1. The van der Waals surface area contributed by atoms with Crippen LogP contribution in [-0.4, -0.2) is 49.4 Å². The molecule has 8 heteroatoms. The van der Waals surface area contributed by atoms with Crippen molar-refractivity contribution in [2.75, 3.05) is 23.5 Å². The number of ether oxygens (including phenoxy) is 1. The van der Waals surface area contributed by atoms with E-state index in [2.05, 4.69) is 4.99 Å². The van der Waals surface area contributed by atoms with E-state index in [1.807, 2.05) is 43.0 Å². The molecule has 0 bridgehead atoms. The normalized spacial score (nSPS) is 26.2. The number of amidine groups is 1. The molecule has 25 heavy (non-hydrogen) atoms. The van der Waals surface area contributed by atoms with Crippen LogP contribution in [0.3, 0.4) is 0 Å². The first-order valence-corrected chi connectivity index (χ1v) is 10.9. The van der Waals surface area contributed by atoms with Gasteiger partial charge < -0.3 is 9.64 Å². The summed E-state index contributed by atoms with van der Waals surface area (Å²) in [5, 5.41) is 0.512. The van der Waals surface area contributed by atoms with Crippen LogP contribution in [0.5, 0.6) is 5.75 Å². The summed E-state index contributed by atoms with van der Waals surface area (Å²) in [7, 11) is -1.46. The third-order valence-corrected chi connectivity index (χ3v) is 7.43. The molecule has 3 rings (SSSR count). The molecule has 136 valence electrons. The Morgan fingerprint density at radius 1 is 1.32 bits per heavy atom. The molecular formula is C17H22N2O4S2. The van der Waals surface area contributed by atoms with Gasteiger partial charge in [-0.2, -0.15) is 4.99 Å². The van der Waals surface area contributed by atoms with Gasteiger partial charge in [-0.3, -0.25) is 4.79 Å². The van der Waals surface area contributed by atoms with Crippen molar-refractivity contribution in [1.29, 1.82) is 0 Å². The highest BCUT2D eigenvalue weighted by Crippen LogP contribution is 2.41. The zero-order valence-electron chi connectivity index (χ0n) is 14.5. The van der Waals surface area contributed by atoms with Crippen LogP contribution in [0.1, 0.15) is 20.3 Å². The van der Waals surface area contributed by atoms with Crippen LogP contribution in [0.25, 0.3) is 0 Å². The highest BCUT2D eigenvalue weighted by Gasteiger charge is 2.49. The molecule has 6 nitrogen and oxygen atoms in total. The molecule has 1 amide bonds. The lowest BCUT2D eigenvalue weighted by Crippen LogP contribution is -2.37. The van der Waals surface area contributed by atoms with E-state index in [0.29, 0.717) is 11.6 Å². The van der Waals surface area contributed by atoms with Crippen molar-refractivity contribution in [2.45, 2.75) is 31.6 Å². The van der Waals surface area contributed by atoms with Crippen molar-refractivity contribution in [3.63, 3.8) is 0 Å². The van der Waals surface area contributed by atoms with E-state index in [-0.39, 0.29) is 34.6 Å². The number of anilines is 1. The molecule has 1 aromatic rings. The summed E-state index contributed by atoms with van der Waals surface area (Å²) in [6.07, 6.45) is 0.383. The van der Waals surface area contributed by atoms with Gasteiger partial charge in [0.05, 0.1) is 24.7 Å². The van der Waals surface area contributed by atoms with Gasteiger partial charge in [0, 0.05) is 17.4 Å². The van der Waals surface area contributed by atoms with Crippen LogP contribution in [0.15, 0.2) is 29.3 Å². The first-order valence-electron chi connectivity index (χ1n) is 8.21. The zero-order chi connectivity index (χ0) is 18.2. The number of benzene rings is 1. The first-order chi connectivity index (χ1) is 11.8. The molecule has 2 aliphatic heterocycles. The fourth-order valence-electron chi connectivity index (χ4n) is 3.11. The van der Waals surface area contributed by atoms with Crippen LogP contribution >= 0.6 is 11.8 Å². The van der Waals surface area contributed by atoms with E-state index in [1.165, 1.54) is 11.8 Å². The number of aliphatic imine (C=N–C) groups is 1. The minimum atomic E-state index is -3.06. The monoisotopic (exact) mass is 382 g/mol. The number of carbonyl (C=O) groups excluding carboxylic acids is 1. The minimum absolute atomic E-state index is 0.0855. The Morgan fingerprint density at radius 3 is 2.60 bits per heavy atom.